The molecular formula is C14H17BrN2O. The Hall–Kier alpha value is -0.870. The van der Waals surface area contributed by atoms with Gasteiger partial charge >= 0.3 is 0 Å². The second-order valence-corrected chi connectivity index (χ2v) is 5.87. The minimum Gasteiger partial charge on any atom is -0.478 e. The maximum Gasteiger partial charge on any atom is 0.188 e. The van der Waals surface area contributed by atoms with E-state index >= 15 is 0 Å². The first-order chi connectivity index (χ1) is 8.81. The van der Waals surface area contributed by atoms with Crippen molar-refractivity contribution in [2.45, 2.75) is 18.9 Å². The van der Waals surface area contributed by atoms with Crippen molar-refractivity contribution in [2.24, 2.45) is 10.9 Å². The van der Waals surface area contributed by atoms with Crippen LogP contribution in [0.3, 0.4) is 0 Å². The van der Waals surface area contributed by atoms with Crippen molar-refractivity contribution in [3.63, 3.8) is 0 Å². The van der Waals surface area contributed by atoms with Gasteiger partial charge in [-0.25, -0.2) is 4.99 Å². The van der Waals surface area contributed by atoms with Crippen LogP contribution in [0.2, 0.25) is 0 Å². The highest BCUT2D eigenvalue weighted by molar-refractivity contribution is 9.10. The first-order valence-corrected chi connectivity index (χ1v) is 7.26. The van der Waals surface area contributed by atoms with E-state index < -0.39 is 0 Å². The Labute approximate surface area is 116 Å². The highest BCUT2D eigenvalue weighted by Gasteiger charge is 2.28. The molecule has 0 spiro atoms. The standard InChI is InChI=1S/C14H17BrN2O/c15-12-3-1-10(2-4-12)7-13-9-18-14(17-13)11-5-6-16-8-11/h1-4,11,13,16H,5-9H2. The van der Waals surface area contributed by atoms with Gasteiger partial charge < -0.3 is 10.1 Å². The van der Waals surface area contributed by atoms with Gasteiger partial charge in [0.1, 0.15) is 6.61 Å². The smallest absolute Gasteiger partial charge is 0.188 e. The van der Waals surface area contributed by atoms with E-state index in [9.17, 15) is 0 Å². The molecule has 3 rings (SSSR count). The van der Waals surface area contributed by atoms with Crippen LogP contribution in [-0.4, -0.2) is 31.6 Å². The summed E-state index contributed by atoms with van der Waals surface area (Å²) in [5, 5.41) is 3.35. The van der Waals surface area contributed by atoms with E-state index in [-0.39, 0.29) is 0 Å². The number of aliphatic imine (C=N–C) groups is 1. The molecule has 0 amide bonds. The van der Waals surface area contributed by atoms with Crippen molar-refractivity contribution in [3.05, 3.63) is 34.3 Å². The lowest BCUT2D eigenvalue weighted by molar-refractivity contribution is 0.299. The quantitative estimate of drug-likeness (QED) is 0.930. The van der Waals surface area contributed by atoms with E-state index in [0.29, 0.717) is 12.0 Å². The zero-order valence-corrected chi connectivity index (χ0v) is 11.8. The largest absolute Gasteiger partial charge is 0.478 e. The SMILES string of the molecule is Brc1ccc(CC2COC(C3CCNC3)=N2)cc1. The van der Waals surface area contributed by atoms with E-state index in [0.717, 1.165) is 42.9 Å². The Balaban J connectivity index is 1.62. The minimum atomic E-state index is 0.293. The molecule has 96 valence electrons. The summed E-state index contributed by atoms with van der Waals surface area (Å²) in [4.78, 5) is 4.73. The molecule has 18 heavy (non-hydrogen) atoms. The highest BCUT2D eigenvalue weighted by Crippen LogP contribution is 2.20. The molecular weight excluding hydrogens is 292 g/mol. The second-order valence-electron chi connectivity index (χ2n) is 4.95. The van der Waals surface area contributed by atoms with Crippen LogP contribution in [0.1, 0.15) is 12.0 Å². The van der Waals surface area contributed by atoms with Crippen molar-refractivity contribution >= 4 is 21.8 Å². The van der Waals surface area contributed by atoms with Gasteiger partial charge in [0.15, 0.2) is 5.90 Å². The molecule has 3 nitrogen and oxygen atoms in total. The average molecular weight is 309 g/mol. The van der Waals surface area contributed by atoms with Crippen molar-refractivity contribution in [2.75, 3.05) is 19.7 Å². The predicted molar refractivity (Wildman–Crippen MR) is 76.0 cm³/mol. The molecule has 4 heteroatoms. The van der Waals surface area contributed by atoms with E-state index in [1.807, 2.05) is 0 Å². The fourth-order valence-corrected chi connectivity index (χ4v) is 2.79. The molecule has 1 N–H and O–H groups in total. The van der Waals surface area contributed by atoms with Crippen LogP contribution < -0.4 is 5.32 Å². The monoisotopic (exact) mass is 308 g/mol. The third-order valence-corrected chi connectivity index (χ3v) is 4.06. The van der Waals surface area contributed by atoms with Gasteiger partial charge in [-0.2, -0.15) is 0 Å². The molecule has 0 bridgehead atoms. The molecule has 0 aliphatic carbocycles. The third-order valence-electron chi connectivity index (χ3n) is 3.53. The van der Waals surface area contributed by atoms with Crippen molar-refractivity contribution in [1.29, 1.82) is 0 Å². The molecule has 2 unspecified atom stereocenters. The summed E-state index contributed by atoms with van der Waals surface area (Å²) in [6.07, 6.45) is 2.13. The van der Waals surface area contributed by atoms with Crippen molar-refractivity contribution in [3.8, 4) is 0 Å². The Bertz CT molecular complexity index is 438. The average Bonchev–Trinajstić information content (AvgIpc) is 3.02. The molecule has 0 saturated carbocycles. The van der Waals surface area contributed by atoms with Crippen molar-refractivity contribution in [1.82, 2.24) is 5.32 Å². The van der Waals surface area contributed by atoms with Crippen LogP contribution >= 0.6 is 15.9 Å². The zero-order chi connectivity index (χ0) is 12.4. The van der Waals surface area contributed by atoms with E-state index in [1.54, 1.807) is 0 Å². The number of hydrogen-bond donors (Lipinski definition) is 1. The van der Waals surface area contributed by atoms with Gasteiger partial charge in [0.25, 0.3) is 0 Å². The van der Waals surface area contributed by atoms with Crippen LogP contribution in [0.4, 0.5) is 0 Å². The number of benzene rings is 1. The molecule has 2 aliphatic heterocycles. The summed E-state index contributed by atoms with van der Waals surface area (Å²) < 4.78 is 6.87. The summed E-state index contributed by atoms with van der Waals surface area (Å²) in [5.41, 5.74) is 1.32. The van der Waals surface area contributed by atoms with Gasteiger partial charge in [0.2, 0.25) is 0 Å². The van der Waals surface area contributed by atoms with Gasteiger partial charge in [-0.3, -0.25) is 0 Å². The molecule has 1 aromatic rings. The normalized spacial score (nSPS) is 27.1. The maximum atomic E-state index is 5.75. The topological polar surface area (TPSA) is 33.6 Å². The highest BCUT2D eigenvalue weighted by atomic mass is 79.9. The summed E-state index contributed by atoms with van der Waals surface area (Å²) in [6, 6.07) is 8.75. The Morgan fingerprint density at radius 2 is 2.17 bits per heavy atom. The molecule has 2 atom stereocenters. The number of halogens is 1. The summed E-state index contributed by atoms with van der Waals surface area (Å²) in [5.74, 6) is 1.47. The van der Waals surface area contributed by atoms with E-state index in [1.165, 1.54) is 5.56 Å². The lowest BCUT2D eigenvalue weighted by Crippen LogP contribution is -2.17. The van der Waals surface area contributed by atoms with Gasteiger partial charge in [0, 0.05) is 16.9 Å². The Morgan fingerprint density at radius 3 is 2.89 bits per heavy atom. The lowest BCUT2D eigenvalue weighted by Gasteiger charge is -2.06. The van der Waals surface area contributed by atoms with Crippen LogP contribution in [-0.2, 0) is 11.2 Å². The summed E-state index contributed by atoms with van der Waals surface area (Å²) in [7, 11) is 0. The van der Waals surface area contributed by atoms with Gasteiger partial charge in [0.05, 0.1) is 6.04 Å². The lowest BCUT2D eigenvalue weighted by atomic mass is 10.1. The van der Waals surface area contributed by atoms with E-state index in [2.05, 4.69) is 45.5 Å². The molecule has 1 saturated heterocycles. The molecule has 1 fully saturated rings. The first-order valence-electron chi connectivity index (χ1n) is 6.47. The van der Waals surface area contributed by atoms with Gasteiger partial charge in [-0.05, 0) is 37.1 Å². The van der Waals surface area contributed by atoms with Crippen molar-refractivity contribution < 1.29 is 4.74 Å². The number of nitrogens with one attached hydrogen (secondary N) is 1. The van der Waals surface area contributed by atoms with Gasteiger partial charge in [-0.1, -0.05) is 28.1 Å². The molecule has 0 radical (unpaired) electrons. The Kier molecular flexibility index (Phi) is 3.66. The number of nitrogens with zero attached hydrogens (tertiary/aromatic N) is 1. The summed E-state index contributed by atoms with van der Waals surface area (Å²) in [6.45, 7) is 2.84. The third kappa shape index (κ3) is 2.75. The predicted octanol–water partition coefficient (Wildman–Crippen LogP) is 2.40. The fourth-order valence-electron chi connectivity index (χ4n) is 2.52. The number of rotatable bonds is 3. The second kappa shape index (κ2) is 5.41. The summed E-state index contributed by atoms with van der Waals surface area (Å²) >= 11 is 3.45. The van der Waals surface area contributed by atoms with Crippen LogP contribution in [0.5, 0.6) is 0 Å². The Morgan fingerprint density at radius 1 is 1.33 bits per heavy atom. The molecule has 2 heterocycles. The van der Waals surface area contributed by atoms with Crippen LogP contribution in [0.15, 0.2) is 33.7 Å². The molecule has 2 aliphatic rings. The molecule has 1 aromatic carbocycles. The number of ether oxygens (including phenoxy) is 1. The van der Waals surface area contributed by atoms with Gasteiger partial charge in [-0.15, -0.1) is 0 Å². The zero-order valence-electron chi connectivity index (χ0n) is 10.2. The van der Waals surface area contributed by atoms with Crippen LogP contribution in [0, 0.1) is 5.92 Å². The van der Waals surface area contributed by atoms with E-state index in [4.69, 9.17) is 9.73 Å². The van der Waals surface area contributed by atoms with Crippen LogP contribution in [0.25, 0.3) is 0 Å². The minimum absolute atomic E-state index is 0.293. The first kappa shape index (κ1) is 12.2. The molecule has 0 aromatic heterocycles. The number of hydrogen-bond acceptors (Lipinski definition) is 3. The maximum absolute atomic E-state index is 5.75. The fraction of sp³-hybridized carbons (Fsp3) is 0.500.